The van der Waals surface area contributed by atoms with Gasteiger partial charge in [0.1, 0.15) is 0 Å². The summed E-state index contributed by atoms with van der Waals surface area (Å²) in [5, 5.41) is 3.17. The van der Waals surface area contributed by atoms with Gasteiger partial charge in [-0.05, 0) is 50.4 Å². The topological polar surface area (TPSA) is 55.4 Å². The second-order valence-electron chi connectivity index (χ2n) is 8.81. The second-order valence-corrected chi connectivity index (χ2v) is 8.81. The van der Waals surface area contributed by atoms with Gasteiger partial charge in [0.15, 0.2) is 0 Å². The third-order valence-corrected chi connectivity index (χ3v) is 6.83. The first kappa shape index (κ1) is 18.7. The molecule has 0 aromatic carbocycles. The molecule has 1 amide bonds. The van der Waals surface area contributed by atoms with E-state index in [1.165, 1.54) is 6.42 Å². The Labute approximate surface area is 150 Å². The van der Waals surface area contributed by atoms with Gasteiger partial charge in [-0.3, -0.25) is 4.79 Å². The van der Waals surface area contributed by atoms with Gasteiger partial charge < -0.3 is 10.1 Å². The molecule has 3 fully saturated rings. The summed E-state index contributed by atoms with van der Waals surface area (Å²) in [6.45, 7) is 8.52. The van der Waals surface area contributed by atoms with E-state index in [2.05, 4.69) is 26.1 Å². The molecule has 3 aliphatic carbocycles. The predicted octanol–water partition coefficient (Wildman–Crippen LogP) is 3.49. The third-order valence-electron chi connectivity index (χ3n) is 6.83. The van der Waals surface area contributed by atoms with E-state index in [1.807, 2.05) is 0 Å². The van der Waals surface area contributed by atoms with Crippen molar-refractivity contribution in [2.45, 2.75) is 71.5 Å². The van der Waals surface area contributed by atoms with Gasteiger partial charge in [-0.25, -0.2) is 9.18 Å². The fourth-order valence-corrected chi connectivity index (χ4v) is 5.35. The molecule has 3 aliphatic rings. The van der Waals surface area contributed by atoms with Crippen LogP contribution in [0.3, 0.4) is 0 Å². The Morgan fingerprint density at radius 1 is 1.20 bits per heavy atom. The lowest BCUT2D eigenvalue weighted by Crippen LogP contribution is -2.45. The zero-order chi connectivity index (χ0) is 18.4. The van der Waals surface area contributed by atoms with Crippen LogP contribution >= 0.6 is 0 Å². The highest BCUT2D eigenvalue weighted by atomic mass is 19.1. The van der Waals surface area contributed by atoms with Crippen molar-refractivity contribution in [3.05, 3.63) is 0 Å². The summed E-state index contributed by atoms with van der Waals surface area (Å²) in [5.41, 5.74) is -1.79. The van der Waals surface area contributed by atoms with Gasteiger partial charge in [0, 0.05) is 23.8 Å². The van der Waals surface area contributed by atoms with Crippen LogP contribution in [0, 0.1) is 35.5 Å². The maximum absolute atomic E-state index is 14.7. The van der Waals surface area contributed by atoms with Gasteiger partial charge in [-0.1, -0.05) is 27.2 Å². The summed E-state index contributed by atoms with van der Waals surface area (Å²) in [5.74, 6) is 0.472. The fraction of sp³-hybridized carbons (Fsp3) is 0.900. The Bertz CT molecular complexity index is 523. The third kappa shape index (κ3) is 3.31. The largest absolute Gasteiger partial charge is 0.464 e. The summed E-state index contributed by atoms with van der Waals surface area (Å²) in [4.78, 5) is 24.6. The highest BCUT2D eigenvalue weighted by Gasteiger charge is 2.75. The maximum atomic E-state index is 14.7. The van der Waals surface area contributed by atoms with E-state index in [0.717, 1.165) is 12.8 Å². The van der Waals surface area contributed by atoms with E-state index < -0.39 is 11.6 Å². The van der Waals surface area contributed by atoms with Gasteiger partial charge in [-0.2, -0.15) is 0 Å². The van der Waals surface area contributed by atoms with Crippen LogP contribution in [0.1, 0.15) is 59.8 Å². The Kier molecular flexibility index (Phi) is 5.13. The van der Waals surface area contributed by atoms with Gasteiger partial charge in [0.05, 0.1) is 6.61 Å². The molecule has 2 unspecified atom stereocenters. The smallest absolute Gasteiger partial charge is 0.344 e. The van der Waals surface area contributed by atoms with Crippen LogP contribution in [-0.4, -0.2) is 30.2 Å². The minimum Gasteiger partial charge on any atom is -0.464 e. The van der Waals surface area contributed by atoms with Gasteiger partial charge in [-0.15, -0.1) is 0 Å². The molecule has 1 N–H and O–H groups in total. The number of carbonyl (C=O) groups excluding carboxylic acids is 2. The molecule has 4 nitrogen and oxygen atoms in total. The van der Waals surface area contributed by atoms with Crippen molar-refractivity contribution in [1.29, 1.82) is 0 Å². The SMILES string of the molecule is CCOC(=O)C1(F)C2CC(NC(=O)[C@@H]3C[C@H](C)CC[C@H]3C(C)C)CC21. The number of hydrogen-bond donors (Lipinski definition) is 1. The zero-order valence-electron chi connectivity index (χ0n) is 15.9. The molecule has 5 heteroatoms. The molecule has 3 rings (SSSR count). The highest BCUT2D eigenvalue weighted by Crippen LogP contribution is 2.63. The lowest BCUT2D eigenvalue weighted by Gasteiger charge is -2.37. The summed E-state index contributed by atoms with van der Waals surface area (Å²) in [6, 6.07) is 0.00541. The normalized spacial score (nSPS) is 42.8. The Balaban J connectivity index is 1.54. The molecule has 0 aliphatic heterocycles. The van der Waals surface area contributed by atoms with E-state index in [1.54, 1.807) is 6.92 Å². The number of alkyl halides is 1. The Morgan fingerprint density at radius 2 is 1.84 bits per heavy atom. The molecule has 0 aromatic heterocycles. The van der Waals surface area contributed by atoms with Crippen LogP contribution in [0.4, 0.5) is 4.39 Å². The molecule has 3 saturated carbocycles. The molecule has 0 bridgehead atoms. The van der Waals surface area contributed by atoms with Crippen LogP contribution in [-0.2, 0) is 14.3 Å². The second kappa shape index (κ2) is 6.88. The Morgan fingerprint density at radius 3 is 2.40 bits per heavy atom. The van der Waals surface area contributed by atoms with E-state index in [4.69, 9.17) is 4.74 Å². The molecule has 25 heavy (non-hydrogen) atoms. The molecule has 0 aromatic rings. The van der Waals surface area contributed by atoms with Crippen LogP contribution in [0.2, 0.25) is 0 Å². The lowest BCUT2D eigenvalue weighted by molar-refractivity contribution is -0.152. The van der Waals surface area contributed by atoms with Crippen molar-refractivity contribution in [2.24, 2.45) is 35.5 Å². The molecule has 142 valence electrons. The average molecular weight is 353 g/mol. The van der Waals surface area contributed by atoms with Crippen LogP contribution < -0.4 is 5.32 Å². The van der Waals surface area contributed by atoms with E-state index in [-0.39, 0.29) is 36.3 Å². The first-order valence-electron chi connectivity index (χ1n) is 9.95. The summed E-state index contributed by atoms with van der Waals surface area (Å²) < 4.78 is 19.6. The number of halogens is 1. The lowest BCUT2D eigenvalue weighted by atomic mass is 9.69. The van der Waals surface area contributed by atoms with Gasteiger partial charge in [0.25, 0.3) is 0 Å². The van der Waals surface area contributed by atoms with Crippen molar-refractivity contribution >= 4 is 11.9 Å². The summed E-state index contributed by atoms with van der Waals surface area (Å²) >= 11 is 0. The molecule has 0 saturated heterocycles. The van der Waals surface area contributed by atoms with E-state index in [9.17, 15) is 14.0 Å². The van der Waals surface area contributed by atoms with E-state index >= 15 is 0 Å². The summed E-state index contributed by atoms with van der Waals surface area (Å²) in [6.07, 6.45) is 4.37. The van der Waals surface area contributed by atoms with Crippen LogP contribution in [0.25, 0.3) is 0 Å². The predicted molar refractivity (Wildman–Crippen MR) is 93.4 cm³/mol. The number of hydrogen-bond acceptors (Lipinski definition) is 3. The Hall–Kier alpha value is -1.13. The van der Waals surface area contributed by atoms with Crippen molar-refractivity contribution in [3.63, 3.8) is 0 Å². The van der Waals surface area contributed by atoms with Crippen molar-refractivity contribution in [1.82, 2.24) is 5.32 Å². The first-order chi connectivity index (χ1) is 11.8. The molecule has 0 heterocycles. The quantitative estimate of drug-likeness (QED) is 0.770. The number of rotatable bonds is 5. The molecule has 0 radical (unpaired) electrons. The number of amides is 1. The number of ether oxygens (including phenoxy) is 1. The van der Waals surface area contributed by atoms with Crippen molar-refractivity contribution in [3.8, 4) is 0 Å². The van der Waals surface area contributed by atoms with Crippen LogP contribution in [0.5, 0.6) is 0 Å². The standard InChI is InChI=1S/C20H32FNO3/c1-5-25-19(24)20(21)16-9-13(10-17(16)20)22-18(23)15-8-12(4)6-7-14(15)11(2)3/h11-17H,5-10H2,1-4H3,(H,22,23)/t12-,13?,14+,15-,16?,17?,20?/m1/s1. The fourth-order valence-electron chi connectivity index (χ4n) is 5.35. The first-order valence-corrected chi connectivity index (χ1v) is 9.95. The van der Waals surface area contributed by atoms with Crippen LogP contribution in [0.15, 0.2) is 0 Å². The zero-order valence-corrected chi connectivity index (χ0v) is 15.9. The van der Waals surface area contributed by atoms with Gasteiger partial charge in [0.2, 0.25) is 11.6 Å². The minimum atomic E-state index is -1.79. The van der Waals surface area contributed by atoms with E-state index in [0.29, 0.717) is 30.6 Å². The number of nitrogens with one attached hydrogen (secondary N) is 1. The molecule has 5 atom stereocenters. The number of esters is 1. The minimum absolute atomic E-state index is 0.00541. The molecular formula is C20H32FNO3. The molecular weight excluding hydrogens is 321 g/mol. The van der Waals surface area contributed by atoms with Gasteiger partial charge >= 0.3 is 5.97 Å². The van der Waals surface area contributed by atoms with Crippen molar-refractivity contribution in [2.75, 3.05) is 6.61 Å². The number of carbonyl (C=O) groups is 2. The average Bonchev–Trinajstić information content (AvgIpc) is 2.92. The highest BCUT2D eigenvalue weighted by molar-refractivity contribution is 5.85. The maximum Gasteiger partial charge on any atom is 0.344 e. The number of fused-ring (bicyclic) bond motifs is 1. The molecule has 0 spiro atoms. The summed E-state index contributed by atoms with van der Waals surface area (Å²) in [7, 11) is 0. The monoisotopic (exact) mass is 353 g/mol. The van der Waals surface area contributed by atoms with Crippen molar-refractivity contribution < 1.29 is 18.7 Å².